The maximum atomic E-state index is 11.6. The third kappa shape index (κ3) is 3.34. The number of hydrogen-bond donors (Lipinski definition) is 1. The molecule has 1 heterocycles. The summed E-state index contributed by atoms with van der Waals surface area (Å²) in [5.41, 5.74) is 0. The van der Waals surface area contributed by atoms with E-state index in [-0.39, 0.29) is 24.0 Å². The number of amides is 2. The van der Waals surface area contributed by atoms with Crippen molar-refractivity contribution in [2.75, 3.05) is 20.6 Å². The van der Waals surface area contributed by atoms with Crippen LogP contribution in [-0.2, 0) is 14.3 Å². The Labute approximate surface area is 95.4 Å². The highest BCUT2D eigenvalue weighted by Gasteiger charge is 2.31. The van der Waals surface area contributed by atoms with Crippen molar-refractivity contribution in [1.82, 2.24) is 10.2 Å². The first-order chi connectivity index (χ1) is 7.54. The van der Waals surface area contributed by atoms with Crippen molar-refractivity contribution in [3.63, 3.8) is 0 Å². The van der Waals surface area contributed by atoms with Crippen LogP contribution >= 0.6 is 0 Å². The Kier molecular flexibility index (Phi) is 4.49. The van der Waals surface area contributed by atoms with Gasteiger partial charge in [-0.05, 0) is 18.9 Å². The van der Waals surface area contributed by atoms with E-state index in [0.717, 1.165) is 6.42 Å². The van der Waals surface area contributed by atoms with Crippen molar-refractivity contribution in [2.45, 2.75) is 25.0 Å². The molecule has 0 radical (unpaired) electrons. The molecule has 0 unspecified atom stereocenters. The SMILES string of the molecule is C=CC(=O)NC[C@H]1CC[C@H](C(=O)N(C)C)O1. The number of rotatable bonds is 4. The number of hydrogen-bond acceptors (Lipinski definition) is 3. The van der Waals surface area contributed by atoms with Crippen molar-refractivity contribution in [2.24, 2.45) is 0 Å². The Morgan fingerprint density at radius 2 is 2.19 bits per heavy atom. The van der Waals surface area contributed by atoms with Crippen LogP contribution in [0.3, 0.4) is 0 Å². The van der Waals surface area contributed by atoms with Gasteiger partial charge in [0.05, 0.1) is 6.10 Å². The van der Waals surface area contributed by atoms with Gasteiger partial charge in [-0.15, -0.1) is 0 Å². The maximum Gasteiger partial charge on any atom is 0.251 e. The third-order valence-electron chi connectivity index (χ3n) is 2.51. The molecule has 16 heavy (non-hydrogen) atoms. The highest BCUT2D eigenvalue weighted by molar-refractivity contribution is 5.86. The molecule has 0 aromatic heterocycles. The van der Waals surface area contributed by atoms with E-state index >= 15 is 0 Å². The Balaban J connectivity index is 2.32. The molecular weight excluding hydrogens is 208 g/mol. The van der Waals surface area contributed by atoms with Gasteiger partial charge in [-0.25, -0.2) is 0 Å². The molecule has 0 aromatic carbocycles. The molecule has 1 aliphatic heterocycles. The lowest BCUT2D eigenvalue weighted by Crippen LogP contribution is -2.36. The predicted molar refractivity (Wildman–Crippen MR) is 59.8 cm³/mol. The minimum absolute atomic E-state index is 0.0162. The van der Waals surface area contributed by atoms with E-state index in [1.165, 1.54) is 11.0 Å². The Morgan fingerprint density at radius 1 is 1.50 bits per heavy atom. The maximum absolute atomic E-state index is 11.6. The molecule has 0 aliphatic carbocycles. The van der Waals surface area contributed by atoms with Crippen molar-refractivity contribution < 1.29 is 14.3 Å². The molecule has 1 rings (SSSR count). The topological polar surface area (TPSA) is 58.6 Å². The molecule has 1 fully saturated rings. The first-order valence-electron chi connectivity index (χ1n) is 5.31. The fraction of sp³-hybridized carbons (Fsp3) is 0.636. The minimum atomic E-state index is -0.361. The van der Waals surface area contributed by atoms with Gasteiger partial charge < -0.3 is 15.0 Å². The highest BCUT2D eigenvalue weighted by Crippen LogP contribution is 2.20. The van der Waals surface area contributed by atoms with Crippen LogP contribution in [0.5, 0.6) is 0 Å². The van der Waals surface area contributed by atoms with E-state index in [0.29, 0.717) is 13.0 Å². The summed E-state index contributed by atoms with van der Waals surface area (Å²) in [4.78, 5) is 24.0. The molecule has 1 N–H and O–H groups in total. The molecule has 1 saturated heterocycles. The van der Waals surface area contributed by atoms with Crippen LogP contribution in [0, 0.1) is 0 Å². The lowest BCUT2D eigenvalue weighted by molar-refractivity contribution is -0.140. The number of ether oxygens (including phenoxy) is 1. The van der Waals surface area contributed by atoms with Crippen molar-refractivity contribution in [3.8, 4) is 0 Å². The zero-order chi connectivity index (χ0) is 12.1. The van der Waals surface area contributed by atoms with Gasteiger partial charge in [0, 0.05) is 20.6 Å². The van der Waals surface area contributed by atoms with Gasteiger partial charge in [-0.3, -0.25) is 9.59 Å². The molecular formula is C11H18N2O3. The normalized spacial score (nSPS) is 23.9. The summed E-state index contributed by atoms with van der Waals surface area (Å²) in [6, 6.07) is 0. The molecule has 0 spiro atoms. The van der Waals surface area contributed by atoms with Crippen molar-refractivity contribution in [1.29, 1.82) is 0 Å². The first-order valence-corrected chi connectivity index (χ1v) is 5.31. The van der Waals surface area contributed by atoms with Gasteiger partial charge in [0.15, 0.2) is 0 Å². The molecule has 1 aliphatic rings. The summed E-state index contributed by atoms with van der Waals surface area (Å²) in [7, 11) is 3.41. The zero-order valence-corrected chi connectivity index (χ0v) is 9.73. The van der Waals surface area contributed by atoms with Gasteiger partial charge in [0.2, 0.25) is 5.91 Å². The van der Waals surface area contributed by atoms with E-state index in [9.17, 15) is 9.59 Å². The second kappa shape index (κ2) is 5.65. The van der Waals surface area contributed by atoms with Gasteiger partial charge in [0.25, 0.3) is 5.91 Å². The Morgan fingerprint density at radius 3 is 2.75 bits per heavy atom. The number of carbonyl (C=O) groups excluding carboxylic acids is 2. The molecule has 2 amide bonds. The fourth-order valence-corrected chi connectivity index (χ4v) is 1.61. The smallest absolute Gasteiger partial charge is 0.251 e. The van der Waals surface area contributed by atoms with Gasteiger partial charge in [0.1, 0.15) is 6.10 Å². The van der Waals surface area contributed by atoms with Crippen LogP contribution in [0.25, 0.3) is 0 Å². The van der Waals surface area contributed by atoms with E-state index in [1.54, 1.807) is 14.1 Å². The van der Waals surface area contributed by atoms with Crippen molar-refractivity contribution >= 4 is 11.8 Å². The highest BCUT2D eigenvalue weighted by atomic mass is 16.5. The fourth-order valence-electron chi connectivity index (χ4n) is 1.61. The van der Waals surface area contributed by atoms with Gasteiger partial charge in [-0.1, -0.05) is 6.58 Å². The van der Waals surface area contributed by atoms with Crippen LogP contribution in [0.2, 0.25) is 0 Å². The average Bonchev–Trinajstić information content (AvgIpc) is 2.73. The van der Waals surface area contributed by atoms with E-state index in [2.05, 4.69) is 11.9 Å². The number of nitrogens with one attached hydrogen (secondary N) is 1. The van der Waals surface area contributed by atoms with Crippen LogP contribution in [0.1, 0.15) is 12.8 Å². The molecule has 0 aromatic rings. The summed E-state index contributed by atoms with van der Waals surface area (Å²) < 4.78 is 5.54. The minimum Gasteiger partial charge on any atom is -0.363 e. The van der Waals surface area contributed by atoms with E-state index in [4.69, 9.17) is 4.74 Å². The van der Waals surface area contributed by atoms with Crippen LogP contribution in [0.15, 0.2) is 12.7 Å². The zero-order valence-electron chi connectivity index (χ0n) is 9.73. The molecule has 2 atom stereocenters. The summed E-state index contributed by atoms with van der Waals surface area (Å²) in [5.74, 6) is -0.233. The van der Waals surface area contributed by atoms with Gasteiger partial charge >= 0.3 is 0 Å². The summed E-state index contributed by atoms with van der Waals surface area (Å²) in [5, 5.41) is 2.66. The van der Waals surface area contributed by atoms with E-state index < -0.39 is 0 Å². The predicted octanol–water partition coefficient (Wildman–Crippen LogP) is -0.0756. The Hall–Kier alpha value is -1.36. The number of carbonyl (C=O) groups is 2. The van der Waals surface area contributed by atoms with Crippen molar-refractivity contribution in [3.05, 3.63) is 12.7 Å². The van der Waals surface area contributed by atoms with Crippen LogP contribution < -0.4 is 5.32 Å². The quantitative estimate of drug-likeness (QED) is 0.682. The van der Waals surface area contributed by atoms with Gasteiger partial charge in [-0.2, -0.15) is 0 Å². The Bertz CT molecular complexity index is 289. The van der Waals surface area contributed by atoms with Crippen LogP contribution in [-0.4, -0.2) is 49.6 Å². The molecule has 0 saturated carbocycles. The molecule has 5 heteroatoms. The third-order valence-corrected chi connectivity index (χ3v) is 2.51. The summed E-state index contributed by atoms with van der Waals surface area (Å²) in [6.07, 6.45) is 2.29. The summed E-state index contributed by atoms with van der Waals surface area (Å²) >= 11 is 0. The summed E-state index contributed by atoms with van der Waals surface area (Å²) in [6.45, 7) is 3.79. The molecule has 90 valence electrons. The standard InChI is InChI=1S/C11H18N2O3/c1-4-10(14)12-7-8-5-6-9(16-8)11(15)13(2)3/h4,8-9H,1,5-7H2,2-3H3,(H,12,14)/t8-,9-/m1/s1. The lowest BCUT2D eigenvalue weighted by Gasteiger charge is -2.17. The van der Waals surface area contributed by atoms with E-state index in [1.807, 2.05) is 0 Å². The van der Waals surface area contributed by atoms with Crippen LogP contribution in [0.4, 0.5) is 0 Å². The lowest BCUT2D eigenvalue weighted by atomic mass is 10.2. The average molecular weight is 226 g/mol. The number of likely N-dealkylation sites (N-methyl/N-ethyl adjacent to an activating group) is 1. The first kappa shape index (κ1) is 12.7. The molecule has 0 bridgehead atoms. The second-order valence-corrected chi connectivity index (χ2v) is 4.01. The molecule has 5 nitrogen and oxygen atoms in total. The monoisotopic (exact) mass is 226 g/mol. The largest absolute Gasteiger partial charge is 0.363 e. The number of nitrogens with zero attached hydrogens (tertiary/aromatic N) is 1. The second-order valence-electron chi connectivity index (χ2n) is 4.01.